The van der Waals surface area contributed by atoms with E-state index in [1.165, 1.54) is 42.0 Å². The van der Waals surface area contributed by atoms with E-state index >= 15 is 0 Å². The number of nitrogens with zero attached hydrogens (tertiary/aromatic N) is 4. The standard InChI is InChI=1S/C51H30N4OS/c1-3-13-31(14-4-1)49-52-50(32-15-5-2-6-16-32)54-51(53-49)33-25-27-38-41-21-12-22-42(48(41)57-46(38)29-33)40-20-11-19-39-37-28-26-34(30-45(37)56-47(39)40)55-43-23-9-7-17-35(43)36-18-8-10-24-44(36)55/h1-30H. The minimum Gasteiger partial charge on any atom is -0.455 e. The largest absolute Gasteiger partial charge is 0.455 e. The van der Waals surface area contributed by atoms with Crippen LogP contribution >= 0.6 is 11.3 Å². The van der Waals surface area contributed by atoms with Crippen molar-refractivity contribution in [1.29, 1.82) is 0 Å². The molecule has 6 heteroatoms. The average molecular weight is 747 g/mol. The lowest BCUT2D eigenvalue weighted by Crippen LogP contribution is -1.99. The van der Waals surface area contributed by atoms with E-state index < -0.39 is 0 Å². The molecule has 12 aromatic rings. The van der Waals surface area contributed by atoms with E-state index in [2.05, 4.69) is 126 Å². The van der Waals surface area contributed by atoms with Crippen LogP contribution in [0.3, 0.4) is 0 Å². The van der Waals surface area contributed by atoms with Crippen molar-refractivity contribution in [3.8, 4) is 51.0 Å². The lowest BCUT2D eigenvalue weighted by atomic mass is 10.00. The molecule has 266 valence electrons. The maximum atomic E-state index is 6.86. The van der Waals surface area contributed by atoms with E-state index in [1.807, 2.05) is 60.7 Å². The first kappa shape index (κ1) is 31.9. The molecule has 0 aliphatic rings. The van der Waals surface area contributed by atoms with Crippen molar-refractivity contribution in [2.75, 3.05) is 0 Å². The van der Waals surface area contributed by atoms with Gasteiger partial charge < -0.3 is 8.98 Å². The molecule has 0 fully saturated rings. The van der Waals surface area contributed by atoms with Crippen LogP contribution in [0.2, 0.25) is 0 Å². The fraction of sp³-hybridized carbons (Fsp3) is 0. The van der Waals surface area contributed by atoms with Crippen molar-refractivity contribution < 1.29 is 4.42 Å². The van der Waals surface area contributed by atoms with E-state index in [0.29, 0.717) is 17.5 Å². The van der Waals surface area contributed by atoms with Crippen LogP contribution in [0.1, 0.15) is 0 Å². The molecule has 12 rings (SSSR count). The first-order valence-corrected chi connectivity index (χ1v) is 19.8. The fourth-order valence-corrected chi connectivity index (χ4v) is 9.70. The Hall–Kier alpha value is -7.41. The Morgan fingerprint density at radius 1 is 0.404 bits per heavy atom. The second-order valence-corrected chi connectivity index (χ2v) is 15.4. The topological polar surface area (TPSA) is 56.7 Å². The number of thiophene rings is 1. The van der Waals surface area contributed by atoms with Crippen molar-refractivity contribution in [2.24, 2.45) is 0 Å². The fourth-order valence-electron chi connectivity index (χ4n) is 8.43. The van der Waals surface area contributed by atoms with Crippen molar-refractivity contribution in [3.63, 3.8) is 0 Å². The lowest BCUT2D eigenvalue weighted by Gasteiger charge is -2.08. The molecule has 0 aliphatic carbocycles. The number of hydrogen-bond acceptors (Lipinski definition) is 5. The molecule has 0 aliphatic heterocycles. The summed E-state index contributed by atoms with van der Waals surface area (Å²) < 4.78 is 11.6. The third kappa shape index (κ3) is 5.04. The highest BCUT2D eigenvalue weighted by Gasteiger charge is 2.19. The zero-order valence-corrected chi connectivity index (χ0v) is 31.2. The third-order valence-corrected chi connectivity index (χ3v) is 12.3. The Kier molecular flexibility index (Phi) is 7.03. The molecule has 0 saturated heterocycles. The molecule has 0 saturated carbocycles. The second kappa shape index (κ2) is 12.6. The molecule has 57 heavy (non-hydrogen) atoms. The molecule has 0 bridgehead atoms. The predicted molar refractivity (Wildman–Crippen MR) is 236 cm³/mol. The van der Waals surface area contributed by atoms with Gasteiger partial charge in [-0.3, -0.25) is 0 Å². The van der Waals surface area contributed by atoms with Gasteiger partial charge in [-0.05, 0) is 30.3 Å². The van der Waals surface area contributed by atoms with Crippen LogP contribution in [-0.2, 0) is 0 Å². The minimum absolute atomic E-state index is 0.648. The van der Waals surface area contributed by atoms with Gasteiger partial charge in [0.15, 0.2) is 17.5 Å². The Labute approximate surface area is 330 Å². The number of hydrogen-bond donors (Lipinski definition) is 0. The molecular weight excluding hydrogens is 717 g/mol. The summed E-state index contributed by atoms with van der Waals surface area (Å²) in [6, 6.07) is 63.7. The third-order valence-electron chi connectivity index (χ3n) is 11.1. The molecule has 4 aromatic heterocycles. The highest BCUT2D eigenvalue weighted by molar-refractivity contribution is 7.26. The summed E-state index contributed by atoms with van der Waals surface area (Å²) in [5.74, 6) is 1.95. The summed E-state index contributed by atoms with van der Waals surface area (Å²) in [5.41, 5.74) is 10.3. The molecule has 4 heterocycles. The van der Waals surface area contributed by atoms with Crippen LogP contribution in [0, 0.1) is 0 Å². The molecule has 0 radical (unpaired) electrons. The van der Waals surface area contributed by atoms with Crippen LogP contribution in [0.4, 0.5) is 0 Å². The quantitative estimate of drug-likeness (QED) is 0.176. The summed E-state index contributed by atoms with van der Waals surface area (Å²) in [6.45, 7) is 0. The zero-order chi connectivity index (χ0) is 37.5. The molecule has 0 unspecified atom stereocenters. The molecule has 0 amide bonds. The van der Waals surface area contributed by atoms with E-state index in [0.717, 1.165) is 55.4 Å². The van der Waals surface area contributed by atoms with Crippen LogP contribution < -0.4 is 0 Å². The minimum atomic E-state index is 0.648. The maximum absolute atomic E-state index is 6.86. The summed E-state index contributed by atoms with van der Waals surface area (Å²) in [6.07, 6.45) is 0. The van der Waals surface area contributed by atoms with Gasteiger partial charge in [-0.1, -0.05) is 146 Å². The smallest absolute Gasteiger partial charge is 0.164 e. The Morgan fingerprint density at radius 2 is 0.965 bits per heavy atom. The normalized spacial score (nSPS) is 11.9. The molecular formula is C51H30N4OS. The number of fused-ring (bicyclic) bond motifs is 9. The monoisotopic (exact) mass is 746 g/mol. The number of para-hydroxylation sites is 3. The first-order valence-electron chi connectivity index (χ1n) is 19.0. The van der Waals surface area contributed by atoms with Gasteiger partial charge in [0.25, 0.3) is 0 Å². The number of furan rings is 1. The van der Waals surface area contributed by atoms with E-state index in [4.69, 9.17) is 19.4 Å². The maximum Gasteiger partial charge on any atom is 0.164 e. The van der Waals surface area contributed by atoms with Crippen molar-refractivity contribution in [3.05, 3.63) is 182 Å². The Balaban J connectivity index is 0.995. The summed E-state index contributed by atoms with van der Waals surface area (Å²) in [7, 11) is 0. The van der Waals surface area contributed by atoms with Crippen molar-refractivity contribution >= 4 is 75.3 Å². The number of aromatic nitrogens is 4. The van der Waals surface area contributed by atoms with Crippen molar-refractivity contribution in [1.82, 2.24) is 19.5 Å². The second-order valence-electron chi connectivity index (χ2n) is 14.4. The summed E-state index contributed by atoms with van der Waals surface area (Å²) in [4.78, 5) is 14.9. The average Bonchev–Trinajstić information content (AvgIpc) is 3.96. The first-order chi connectivity index (χ1) is 28.2. The van der Waals surface area contributed by atoms with E-state index in [9.17, 15) is 0 Å². The molecule has 0 N–H and O–H groups in total. The molecule has 0 spiro atoms. The Morgan fingerprint density at radius 3 is 1.65 bits per heavy atom. The van der Waals surface area contributed by atoms with E-state index in [1.54, 1.807) is 11.3 Å². The van der Waals surface area contributed by atoms with Gasteiger partial charge in [-0.25, -0.2) is 15.0 Å². The van der Waals surface area contributed by atoms with Crippen LogP contribution in [0.15, 0.2) is 186 Å². The van der Waals surface area contributed by atoms with Gasteiger partial charge in [0.1, 0.15) is 11.2 Å². The number of rotatable bonds is 5. The summed E-state index contributed by atoms with van der Waals surface area (Å²) >= 11 is 1.80. The highest BCUT2D eigenvalue weighted by atomic mass is 32.1. The van der Waals surface area contributed by atoms with Crippen LogP contribution in [0.5, 0.6) is 0 Å². The summed E-state index contributed by atoms with van der Waals surface area (Å²) in [5, 5.41) is 7.11. The van der Waals surface area contributed by atoms with Gasteiger partial charge in [0, 0.05) is 81.3 Å². The van der Waals surface area contributed by atoms with E-state index in [-0.39, 0.29) is 0 Å². The Bertz CT molecular complexity index is 3420. The van der Waals surface area contributed by atoms with Gasteiger partial charge in [-0.2, -0.15) is 0 Å². The molecule has 8 aromatic carbocycles. The number of benzene rings is 8. The highest BCUT2D eigenvalue weighted by Crippen LogP contribution is 2.45. The van der Waals surface area contributed by atoms with Gasteiger partial charge in [-0.15, -0.1) is 11.3 Å². The molecule has 0 atom stereocenters. The van der Waals surface area contributed by atoms with Crippen molar-refractivity contribution in [2.45, 2.75) is 0 Å². The van der Waals surface area contributed by atoms with Gasteiger partial charge >= 0.3 is 0 Å². The SMILES string of the molecule is c1ccc(-c2nc(-c3ccccc3)nc(-c3ccc4c(c3)sc3c(-c5cccc6c5oc5cc(-n7c8ccccc8c8ccccc87)ccc56)cccc34)n2)cc1. The predicted octanol–water partition coefficient (Wildman–Crippen LogP) is 13.9. The van der Waals surface area contributed by atoms with Gasteiger partial charge in [0.2, 0.25) is 0 Å². The zero-order valence-electron chi connectivity index (χ0n) is 30.4. The van der Waals surface area contributed by atoms with Crippen LogP contribution in [0.25, 0.3) is 115 Å². The lowest BCUT2D eigenvalue weighted by molar-refractivity contribution is 0.670. The molecule has 5 nitrogen and oxygen atoms in total. The van der Waals surface area contributed by atoms with Crippen LogP contribution in [-0.4, -0.2) is 19.5 Å². The van der Waals surface area contributed by atoms with Gasteiger partial charge in [0.05, 0.1) is 11.0 Å².